The summed E-state index contributed by atoms with van der Waals surface area (Å²) in [6.45, 7) is 0. The molecule has 1 aromatic heterocycles. The van der Waals surface area contributed by atoms with Gasteiger partial charge in [0.1, 0.15) is 23.3 Å². The van der Waals surface area contributed by atoms with Gasteiger partial charge in [-0.25, -0.2) is 15.3 Å². The number of amides is 1. The molecule has 0 fully saturated rings. The number of pyridine rings is 1. The molecule has 0 aliphatic carbocycles. The third-order valence-corrected chi connectivity index (χ3v) is 4.21. The van der Waals surface area contributed by atoms with Crippen molar-refractivity contribution in [2.45, 2.75) is 6.29 Å². The van der Waals surface area contributed by atoms with Crippen LogP contribution in [0, 0.1) is 11.3 Å². The first kappa shape index (κ1) is 21.0. The van der Waals surface area contributed by atoms with Crippen LogP contribution in [0.15, 0.2) is 54.7 Å². The number of benzene rings is 2. The smallest absolute Gasteiger partial charge is 0.456 e. The molecule has 162 valence electrons. The number of nitriles is 1. The summed E-state index contributed by atoms with van der Waals surface area (Å²) < 4.78 is 40.3. The number of aromatic nitrogens is 1. The van der Waals surface area contributed by atoms with Gasteiger partial charge in [-0.2, -0.15) is 5.26 Å². The lowest BCUT2D eigenvalue weighted by Gasteiger charge is -2.11. The lowest BCUT2D eigenvalue weighted by molar-refractivity contribution is -0.286. The molecule has 0 saturated carbocycles. The largest absolute Gasteiger partial charge is 0.586 e. The Kier molecular flexibility index (Phi) is 5.53. The molecule has 0 radical (unpaired) electrons. The molecule has 0 saturated heterocycles. The number of nitrogens with one attached hydrogen (secondary N) is 2. The Balaban J connectivity index is 1.33. The maximum absolute atomic E-state index is 13.1. The van der Waals surface area contributed by atoms with Gasteiger partial charge in [-0.05, 0) is 36.4 Å². The number of halogens is 3. The molecular formula is C20H11ClF2N4O5. The van der Waals surface area contributed by atoms with Gasteiger partial charge < -0.3 is 19.0 Å². The van der Waals surface area contributed by atoms with Gasteiger partial charge in [0, 0.05) is 24.0 Å². The number of carbonyl (C=O) groups excluding carboxylic acids is 1. The van der Waals surface area contributed by atoms with Crippen molar-refractivity contribution in [2.24, 2.45) is 0 Å². The molecule has 32 heavy (non-hydrogen) atoms. The van der Waals surface area contributed by atoms with Gasteiger partial charge in [0.15, 0.2) is 11.5 Å². The molecular weight excluding hydrogens is 450 g/mol. The standard InChI is InChI=1S/C20H11ClF2N4O5/c21-15-8-12(2-3-16(15)29-14-5-6-25-13(7-14)10-24)27-32-19(28)26-11-1-4-17-18(9-11)31-20(22,23)30-17/h1-9,27H,(H,26,28). The lowest BCUT2D eigenvalue weighted by atomic mass is 10.3. The highest BCUT2D eigenvalue weighted by Crippen LogP contribution is 2.42. The molecule has 4 rings (SSSR count). The van der Waals surface area contributed by atoms with E-state index in [1.807, 2.05) is 6.07 Å². The SMILES string of the molecule is N#Cc1cc(Oc2ccc(NOC(=O)Nc3ccc4c(c3)OC(F)(F)O4)cc2Cl)ccn1. The summed E-state index contributed by atoms with van der Waals surface area (Å²) >= 11 is 6.19. The minimum Gasteiger partial charge on any atom is -0.456 e. The minimum absolute atomic E-state index is 0.146. The second-order valence-corrected chi connectivity index (χ2v) is 6.59. The number of nitrogens with zero attached hydrogens (tertiary/aromatic N) is 2. The Morgan fingerprint density at radius 1 is 1.09 bits per heavy atom. The van der Waals surface area contributed by atoms with E-state index in [0.29, 0.717) is 17.2 Å². The van der Waals surface area contributed by atoms with Crippen molar-refractivity contribution in [3.8, 4) is 29.1 Å². The molecule has 2 N–H and O–H groups in total. The van der Waals surface area contributed by atoms with Crippen molar-refractivity contribution in [2.75, 3.05) is 10.8 Å². The van der Waals surface area contributed by atoms with Gasteiger partial charge >= 0.3 is 12.4 Å². The first-order valence-electron chi connectivity index (χ1n) is 8.78. The van der Waals surface area contributed by atoms with E-state index in [2.05, 4.69) is 25.3 Å². The molecule has 2 aromatic carbocycles. The van der Waals surface area contributed by atoms with Gasteiger partial charge in [0.05, 0.1) is 10.7 Å². The Morgan fingerprint density at radius 2 is 1.88 bits per heavy atom. The first-order valence-corrected chi connectivity index (χ1v) is 9.16. The van der Waals surface area contributed by atoms with E-state index in [9.17, 15) is 13.6 Å². The number of hydrogen-bond donors (Lipinski definition) is 2. The number of anilines is 2. The van der Waals surface area contributed by atoms with Gasteiger partial charge in [0.25, 0.3) is 0 Å². The van der Waals surface area contributed by atoms with Gasteiger partial charge in [-0.15, -0.1) is 8.78 Å². The molecule has 12 heteroatoms. The van der Waals surface area contributed by atoms with Crippen LogP contribution >= 0.6 is 11.6 Å². The van der Waals surface area contributed by atoms with E-state index in [-0.39, 0.29) is 27.9 Å². The number of alkyl halides is 2. The maximum atomic E-state index is 13.1. The van der Waals surface area contributed by atoms with Crippen molar-refractivity contribution in [1.29, 1.82) is 5.26 Å². The number of fused-ring (bicyclic) bond motifs is 1. The minimum atomic E-state index is -3.76. The summed E-state index contributed by atoms with van der Waals surface area (Å²) in [6.07, 6.45) is -3.25. The highest BCUT2D eigenvalue weighted by molar-refractivity contribution is 6.32. The number of ether oxygens (including phenoxy) is 3. The zero-order valence-electron chi connectivity index (χ0n) is 15.8. The van der Waals surface area contributed by atoms with Crippen LogP contribution in [0.5, 0.6) is 23.0 Å². The highest BCUT2D eigenvalue weighted by Gasteiger charge is 2.43. The van der Waals surface area contributed by atoms with Crippen molar-refractivity contribution < 1.29 is 32.6 Å². The number of hydrogen-bond acceptors (Lipinski definition) is 8. The molecule has 0 bridgehead atoms. The second-order valence-electron chi connectivity index (χ2n) is 6.18. The Labute approximate surface area is 184 Å². The topological polar surface area (TPSA) is 115 Å². The predicted octanol–water partition coefficient (Wildman–Crippen LogP) is 5.30. The van der Waals surface area contributed by atoms with E-state index in [1.54, 1.807) is 6.07 Å². The summed E-state index contributed by atoms with van der Waals surface area (Å²) in [6, 6.07) is 13.1. The molecule has 0 spiro atoms. The maximum Gasteiger partial charge on any atom is 0.586 e. The van der Waals surface area contributed by atoms with Crippen molar-refractivity contribution in [3.05, 3.63) is 65.4 Å². The number of rotatable bonds is 5. The third-order valence-electron chi connectivity index (χ3n) is 3.91. The summed E-state index contributed by atoms with van der Waals surface area (Å²) in [5.74, 6) is 0.295. The lowest BCUT2D eigenvalue weighted by Crippen LogP contribution is -2.25. The van der Waals surface area contributed by atoms with Crippen LogP contribution in [0.25, 0.3) is 0 Å². The predicted molar refractivity (Wildman–Crippen MR) is 107 cm³/mol. The second kappa shape index (κ2) is 8.44. The first-order chi connectivity index (χ1) is 15.3. The van der Waals surface area contributed by atoms with E-state index < -0.39 is 12.4 Å². The zero-order valence-corrected chi connectivity index (χ0v) is 16.5. The summed E-state index contributed by atoms with van der Waals surface area (Å²) in [7, 11) is 0. The van der Waals surface area contributed by atoms with Crippen LogP contribution in [-0.4, -0.2) is 17.4 Å². The molecule has 0 atom stereocenters. The average molecular weight is 461 g/mol. The van der Waals surface area contributed by atoms with Crippen LogP contribution < -0.4 is 25.0 Å². The Morgan fingerprint density at radius 3 is 2.66 bits per heavy atom. The van der Waals surface area contributed by atoms with E-state index >= 15 is 0 Å². The molecule has 1 amide bonds. The van der Waals surface area contributed by atoms with Crippen LogP contribution in [-0.2, 0) is 4.84 Å². The van der Waals surface area contributed by atoms with Crippen LogP contribution in [0.1, 0.15) is 5.69 Å². The third kappa shape index (κ3) is 4.88. The van der Waals surface area contributed by atoms with Gasteiger partial charge in [0.2, 0.25) is 0 Å². The fourth-order valence-corrected chi connectivity index (χ4v) is 2.80. The monoisotopic (exact) mass is 460 g/mol. The van der Waals surface area contributed by atoms with Crippen molar-refractivity contribution >= 4 is 29.1 Å². The summed E-state index contributed by atoms with van der Waals surface area (Å²) in [4.78, 5) is 20.7. The van der Waals surface area contributed by atoms with Crippen LogP contribution in [0.2, 0.25) is 5.02 Å². The van der Waals surface area contributed by atoms with Gasteiger partial charge in [-0.1, -0.05) is 11.6 Å². The van der Waals surface area contributed by atoms with Crippen molar-refractivity contribution in [1.82, 2.24) is 4.98 Å². The normalized spacial score (nSPS) is 13.1. The molecule has 0 unspecified atom stereocenters. The molecule has 1 aliphatic rings. The van der Waals surface area contributed by atoms with Gasteiger partial charge in [-0.3, -0.25) is 5.32 Å². The molecule has 2 heterocycles. The number of carbonyl (C=O) groups is 1. The van der Waals surface area contributed by atoms with Crippen LogP contribution in [0.3, 0.4) is 0 Å². The fraction of sp³-hybridized carbons (Fsp3) is 0.0500. The quantitative estimate of drug-likeness (QED) is 0.493. The van der Waals surface area contributed by atoms with E-state index in [1.165, 1.54) is 42.6 Å². The molecule has 3 aromatic rings. The molecule has 9 nitrogen and oxygen atoms in total. The Bertz CT molecular complexity index is 1230. The highest BCUT2D eigenvalue weighted by atomic mass is 35.5. The summed E-state index contributed by atoms with van der Waals surface area (Å²) in [5.41, 5.74) is 3.06. The van der Waals surface area contributed by atoms with Crippen LogP contribution in [0.4, 0.5) is 25.0 Å². The van der Waals surface area contributed by atoms with Crippen molar-refractivity contribution in [3.63, 3.8) is 0 Å². The summed E-state index contributed by atoms with van der Waals surface area (Å²) in [5, 5.41) is 11.4. The Hall–Kier alpha value is -4.30. The van der Waals surface area contributed by atoms with E-state index in [4.69, 9.17) is 26.4 Å². The van der Waals surface area contributed by atoms with E-state index in [0.717, 1.165) is 6.07 Å². The fourth-order valence-electron chi connectivity index (χ4n) is 2.59. The zero-order chi connectivity index (χ0) is 22.7. The molecule has 1 aliphatic heterocycles. The average Bonchev–Trinajstić information content (AvgIpc) is 3.07.